The number of aryl methyl sites for hydroxylation is 2. The number of carboxylic acids is 2. The van der Waals surface area contributed by atoms with E-state index in [0.717, 1.165) is 17.2 Å². The van der Waals surface area contributed by atoms with Gasteiger partial charge in [-0.15, -0.1) is 0 Å². The Morgan fingerprint density at radius 2 is 1.24 bits per heavy atom. The van der Waals surface area contributed by atoms with E-state index in [2.05, 4.69) is 15.3 Å². The number of rotatable bonds is 8. The number of anilines is 1. The van der Waals surface area contributed by atoms with Crippen LogP contribution in [0.25, 0.3) is 22.5 Å². The van der Waals surface area contributed by atoms with E-state index in [9.17, 15) is 46.1 Å². The summed E-state index contributed by atoms with van der Waals surface area (Å²) in [7, 11) is 0. The number of benzene rings is 2. The Bertz CT molecular complexity index is 1640. The van der Waals surface area contributed by atoms with Crippen LogP contribution >= 0.6 is 0 Å². The van der Waals surface area contributed by atoms with Gasteiger partial charge in [0.05, 0.1) is 34.0 Å². The van der Waals surface area contributed by atoms with Crippen molar-refractivity contribution >= 4 is 17.8 Å². The van der Waals surface area contributed by atoms with Gasteiger partial charge in [0, 0.05) is 17.2 Å². The molecule has 4 aromatic rings. The summed E-state index contributed by atoms with van der Waals surface area (Å²) >= 11 is 0. The molecule has 0 spiro atoms. The molecule has 0 saturated heterocycles. The van der Waals surface area contributed by atoms with Crippen LogP contribution in [0.5, 0.6) is 0 Å². The number of hydrogen-bond acceptors (Lipinski definition) is 6. The molecule has 0 aliphatic carbocycles. The fourth-order valence-corrected chi connectivity index (χ4v) is 4.74. The number of alkyl halides is 6. The van der Waals surface area contributed by atoms with Gasteiger partial charge >= 0.3 is 69.7 Å². The maximum atomic E-state index is 13.4. The molecule has 0 amide bonds. The van der Waals surface area contributed by atoms with Gasteiger partial charge in [-0.25, -0.2) is 14.8 Å². The Balaban J connectivity index is 0.000000333. The summed E-state index contributed by atoms with van der Waals surface area (Å²) in [6.07, 6.45) is -9.45. The number of carboxylic acid groups (broad SMARTS) is 2. The molecule has 2 aromatic heterocycles. The smallest absolute Gasteiger partial charge is 0.545 e. The molecule has 2 heterocycles. The Labute approximate surface area is 322 Å². The third kappa shape index (κ3) is 11.4. The van der Waals surface area contributed by atoms with E-state index >= 15 is 0 Å². The van der Waals surface area contributed by atoms with Crippen LogP contribution in [0.15, 0.2) is 60.7 Å². The molecule has 2 N–H and O–H groups in total. The minimum absolute atomic E-state index is 0. The summed E-state index contributed by atoms with van der Waals surface area (Å²) in [5.41, 5.74) is -1.15. The van der Waals surface area contributed by atoms with Gasteiger partial charge in [-0.3, -0.25) is 0 Å². The second-order valence-electron chi connectivity index (χ2n) is 11.9. The average Bonchev–Trinajstić information content (AvgIpc) is 2.95. The van der Waals surface area contributed by atoms with Gasteiger partial charge in [0.2, 0.25) is 0 Å². The summed E-state index contributed by atoms with van der Waals surface area (Å²) in [4.78, 5) is 30.4. The Hall–Kier alpha value is -3.30. The number of carbonyl (C=O) groups is 2. The molecule has 0 fully saturated rings. The first-order valence-electron chi connectivity index (χ1n) is 14.8. The predicted octanol–water partition coefficient (Wildman–Crippen LogP) is 5.24. The maximum absolute atomic E-state index is 13.4. The molecule has 0 aliphatic rings. The number of hydrogen-bond donors (Lipinski definition) is 2. The molecule has 0 aliphatic heterocycles. The third-order valence-electron chi connectivity index (χ3n) is 6.86. The molecule has 0 saturated carbocycles. The van der Waals surface area contributed by atoms with Gasteiger partial charge < -0.3 is 20.3 Å². The number of pyridine rings is 2. The molecule has 0 unspecified atom stereocenters. The third-order valence-corrected chi connectivity index (χ3v) is 6.86. The van der Waals surface area contributed by atoms with E-state index in [4.69, 9.17) is 0 Å². The largest absolute Gasteiger partial charge is 1.00 e. The van der Waals surface area contributed by atoms with Crippen LogP contribution in [0.4, 0.5) is 32.2 Å². The van der Waals surface area contributed by atoms with Crippen molar-refractivity contribution in [3.8, 4) is 22.5 Å². The Morgan fingerprint density at radius 3 is 1.61 bits per heavy atom. The molecule has 0 bridgehead atoms. The number of carbonyl (C=O) groups excluding carboxylic acids is 1. The van der Waals surface area contributed by atoms with E-state index < -0.39 is 46.7 Å². The summed E-state index contributed by atoms with van der Waals surface area (Å²) in [5.74, 6) is -3.87. The molecule has 2 aromatic carbocycles. The minimum atomic E-state index is -4.84. The fourth-order valence-electron chi connectivity index (χ4n) is 4.74. The summed E-state index contributed by atoms with van der Waals surface area (Å²) < 4.78 is 80.1. The average molecular weight is 714 g/mol. The van der Waals surface area contributed by atoms with Gasteiger partial charge in [0.25, 0.3) is 0 Å². The molecule has 49 heavy (non-hydrogen) atoms. The van der Waals surface area contributed by atoms with E-state index in [-0.39, 0.29) is 92.5 Å². The van der Waals surface area contributed by atoms with Gasteiger partial charge in [-0.2, -0.15) is 26.3 Å². The van der Waals surface area contributed by atoms with Crippen LogP contribution in [-0.2, 0) is 18.8 Å². The van der Waals surface area contributed by atoms with Crippen molar-refractivity contribution in [2.45, 2.75) is 66.4 Å². The quantitative estimate of drug-likeness (QED) is 0.190. The Morgan fingerprint density at radius 1 is 0.776 bits per heavy atom. The van der Waals surface area contributed by atoms with Gasteiger partial charge in [0.1, 0.15) is 5.82 Å². The molecule has 14 heteroatoms. The molecular weight excluding hydrogens is 679 g/mol. The first-order valence-corrected chi connectivity index (χ1v) is 14.8. The summed E-state index contributed by atoms with van der Waals surface area (Å²) in [6, 6.07) is 15.5. The number of halogens is 6. The number of nitrogens with one attached hydrogen (secondary N) is 1. The first-order chi connectivity index (χ1) is 22.2. The van der Waals surface area contributed by atoms with E-state index in [1.165, 1.54) is 6.07 Å². The van der Waals surface area contributed by atoms with Crippen molar-refractivity contribution in [1.82, 2.24) is 9.97 Å². The van der Waals surface area contributed by atoms with Crippen LogP contribution in [-0.4, -0.2) is 33.1 Å². The Kier molecular flexibility index (Phi) is 14.6. The first kappa shape index (κ1) is 41.9. The molecule has 4 rings (SSSR count). The van der Waals surface area contributed by atoms with Gasteiger partial charge in [-0.1, -0.05) is 73.5 Å². The van der Waals surface area contributed by atoms with Crippen LogP contribution in [0.2, 0.25) is 0 Å². The van der Waals surface area contributed by atoms with E-state index in [0.29, 0.717) is 11.1 Å². The topological polar surface area (TPSA) is 115 Å². The zero-order valence-corrected chi connectivity index (χ0v) is 31.1. The zero-order chi connectivity index (χ0) is 36.1. The van der Waals surface area contributed by atoms with E-state index in [1.54, 1.807) is 62.4 Å². The van der Waals surface area contributed by atoms with Gasteiger partial charge in [0.15, 0.2) is 5.69 Å². The van der Waals surface area contributed by atoms with Crippen molar-refractivity contribution in [2.75, 3.05) is 5.32 Å². The minimum Gasteiger partial charge on any atom is -0.545 e. The number of aromatic carboxylic acids is 2. The molecule has 7 nitrogen and oxygen atoms in total. The van der Waals surface area contributed by atoms with Crippen LogP contribution in [0, 0.1) is 19.8 Å². The summed E-state index contributed by atoms with van der Waals surface area (Å²) in [5, 5.41) is 23.2. The predicted molar refractivity (Wildman–Crippen MR) is 167 cm³/mol. The zero-order valence-electron chi connectivity index (χ0n) is 28.0. The SMILES string of the molecule is Cc1ccc(-c2cc(C(F)(F)F)c(C(=O)[O-])c(NC(C)C)n2)cc1.Cc1ccc(-c2cc(CC(C)C)c(C(=O)O)c(C(F)(F)F)n2)cc1.[K+]. The van der Waals surface area contributed by atoms with Crippen LogP contribution in [0.3, 0.4) is 0 Å². The van der Waals surface area contributed by atoms with Gasteiger partial charge in [-0.05, 0) is 57.7 Å². The van der Waals surface area contributed by atoms with Crippen LogP contribution in [0.1, 0.15) is 76.4 Å². The standard InChI is InChI=1S/C18H18F3NO2.C17H17F3N2O2.K/c1-10(2)8-13-9-14(12-6-4-11(3)5-7-12)22-16(18(19,20)21)15(13)17(23)24;1-9(2)21-15-14(16(23)24)12(17(18,19)20)8-13(22-15)11-6-4-10(3)5-7-11;/h4-7,9-10H,8H2,1-3H3,(H,23,24);4-9H,1-3H3,(H,21,22)(H,23,24);/q;;+1/p-1. The molecule has 0 atom stereocenters. The fraction of sp³-hybridized carbons (Fsp3) is 0.314. The van der Waals surface area contributed by atoms with Crippen LogP contribution < -0.4 is 61.8 Å². The van der Waals surface area contributed by atoms with Crippen molar-refractivity contribution in [3.05, 3.63) is 99.7 Å². The number of aromatic nitrogens is 2. The van der Waals surface area contributed by atoms with E-state index in [1.807, 2.05) is 27.7 Å². The second kappa shape index (κ2) is 17.1. The second-order valence-corrected chi connectivity index (χ2v) is 11.9. The number of nitrogens with zero attached hydrogens (tertiary/aromatic N) is 2. The molecular formula is C35H34F6KN3O4. The maximum Gasteiger partial charge on any atom is 1.00 e. The van der Waals surface area contributed by atoms with Crippen molar-refractivity contribution < 1.29 is 97.5 Å². The van der Waals surface area contributed by atoms with Crippen molar-refractivity contribution in [3.63, 3.8) is 0 Å². The normalized spacial score (nSPS) is 11.5. The summed E-state index contributed by atoms with van der Waals surface area (Å²) in [6.45, 7) is 10.7. The molecule has 0 radical (unpaired) electrons. The monoisotopic (exact) mass is 713 g/mol. The molecule has 256 valence electrons. The van der Waals surface area contributed by atoms with Crippen molar-refractivity contribution in [1.29, 1.82) is 0 Å². The van der Waals surface area contributed by atoms with Crippen molar-refractivity contribution in [2.24, 2.45) is 5.92 Å².